The van der Waals surface area contributed by atoms with Gasteiger partial charge < -0.3 is 5.11 Å². The zero-order valence-corrected chi connectivity index (χ0v) is 10.1. The number of rotatable bonds is 1. The maximum absolute atomic E-state index is 9.79. The Bertz CT molecular complexity index is 348. The van der Waals surface area contributed by atoms with Crippen molar-refractivity contribution in [2.75, 3.05) is 0 Å². The molecule has 0 radical (unpaired) electrons. The molecule has 0 saturated heterocycles. The van der Waals surface area contributed by atoms with Crippen LogP contribution in [0.2, 0.25) is 0 Å². The lowest BCUT2D eigenvalue weighted by atomic mass is 10.2. The summed E-state index contributed by atoms with van der Waals surface area (Å²) in [6.07, 6.45) is 2.82. The molecule has 1 aromatic rings. The number of aliphatic hydroxyl groups excluding tert-OH is 1. The van der Waals surface area contributed by atoms with Gasteiger partial charge in [0.25, 0.3) is 0 Å². The second-order valence-electron chi connectivity index (χ2n) is 3.99. The highest BCUT2D eigenvalue weighted by molar-refractivity contribution is 9.10. The highest BCUT2D eigenvalue weighted by atomic mass is 79.9. The van der Waals surface area contributed by atoms with E-state index in [1.165, 1.54) is 0 Å². The summed E-state index contributed by atoms with van der Waals surface area (Å²) in [5, 5.41) is 14.2. The fraction of sp³-hybridized carbons (Fsp3) is 0.700. The van der Waals surface area contributed by atoms with Crippen molar-refractivity contribution in [3.8, 4) is 0 Å². The topological polar surface area (TPSA) is 38.0 Å². The minimum Gasteiger partial charge on any atom is -0.391 e. The molecule has 0 amide bonds. The van der Waals surface area contributed by atoms with E-state index in [1.807, 2.05) is 18.5 Å². The Morgan fingerprint density at radius 1 is 1.43 bits per heavy atom. The van der Waals surface area contributed by atoms with Gasteiger partial charge in [0.1, 0.15) is 0 Å². The van der Waals surface area contributed by atoms with Crippen LogP contribution in [-0.4, -0.2) is 21.0 Å². The van der Waals surface area contributed by atoms with Crippen molar-refractivity contribution >= 4 is 15.9 Å². The zero-order chi connectivity index (χ0) is 10.3. The Labute approximate surface area is 92.2 Å². The van der Waals surface area contributed by atoms with Gasteiger partial charge in [-0.05, 0) is 49.0 Å². The molecule has 2 atom stereocenters. The molecule has 1 fully saturated rings. The maximum Gasteiger partial charge on any atom is 0.0781 e. The Balaban J connectivity index is 2.36. The standard InChI is InChI=1S/C10H15BrN2O/c1-6-10(11)7(2)13(12-6)8-4-3-5-9(8)14/h8-9,14H,3-5H2,1-2H3/t8-,9-/m1/s1. The zero-order valence-electron chi connectivity index (χ0n) is 8.50. The fourth-order valence-corrected chi connectivity index (χ4v) is 2.43. The average Bonchev–Trinajstić information content (AvgIpc) is 2.66. The SMILES string of the molecule is Cc1nn([C@@H]2CCC[C@H]2O)c(C)c1Br. The molecular formula is C10H15BrN2O. The number of nitrogens with zero attached hydrogens (tertiary/aromatic N) is 2. The first-order valence-electron chi connectivity index (χ1n) is 5.00. The van der Waals surface area contributed by atoms with Crippen molar-refractivity contribution in [3.63, 3.8) is 0 Å². The van der Waals surface area contributed by atoms with Crippen LogP contribution in [0, 0.1) is 13.8 Å². The molecule has 4 heteroatoms. The van der Waals surface area contributed by atoms with Gasteiger partial charge in [-0.15, -0.1) is 0 Å². The van der Waals surface area contributed by atoms with Crippen LogP contribution in [0.15, 0.2) is 4.47 Å². The lowest BCUT2D eigenvalue weighted by molar-refractivity contribution is 0.129. The van der Waals surface area contributed by atoms with Gasteiger partial charge >= 0.3 is 0 Å². The van der Waals surface area contributed by atoms with E-state index < -0.39 is 0 Å². The number of aryl methyl sites for hydroxylation is 1. The Hall–Kier alpha value is -0.350. The Morgan fingerprint density at radius 3 is 2.57 bits per heavy atom. The predicted octanol–water partition coefficient (Wildman–Crippen LogP) is 2.35. The third-order valence-electron chi connectivity index (χ3n) is 2.99. The van der Waals surface area contributed by atoms with Crippen molar-refractivity contribution in [2.24, 2.45) is 0 Å². The molecule has 78 valence electrons. The molecule has 0 bridgehead atoms. The fourth-order valence-electron chi connectivity index (χ4n) is 2.17. The molecule has 2 rings (SSSR count). The van der Waals surface area contributed by atoms with E-state index in [0.717, 1.165) is 35.1 Å². The second-order valence-corrected chi connectivity index (χ2v) is 4.79. The average molecular weight is 259 g/mol. The summed E-state index contributed by atoms with van der Waals surface area (Å²) < 4.78 is 3.04. The number of halogens is 1. The highest BCUT2D eigenvalue weighted by Gasteiger charge is 2.29. The van der Waals surface area contributed by atoms with E-state index in [1.54, 1.807) is 0 Å². The number of aromatic nitrogens is 2. The van der Waals surface area contributed by atoms with Gasteiger partial charge in [-0.3, -0.25) is 4.68 Å². The normalized spacial score (nSPS) is 27.1. The van der Waals surface area contributed by atoms with E-state index in [-0.39, 0.29) is 12.1 Å². The van der Waals surface area contributed by atoms with Crippen molar-refractivity contribution in [3.05, 3.63) is 15.9 Å². The molecular weight excluding hydrogens is 244 g/mol. The van der Waals surface area contributed by atoms with Gasteiger partial charge in [0.15, 0.2) is 0 Å². The minimum absolute atomic E-state index is 0.181. The monoisotopic (exact) mass is 258 g/mol. The summed E-state index contributed by atoms with van der Waals surface area (Å²) in [7, 11) is 0. The summed E-state index contributed by atoms with van der Waals surface area (Å²) >= 11 is 3.50. The maximum atomic E-state index is 9.79. The van der Waals surface area contributed by atoms with E-state index in [4.69, 9.17) is 0 Å². The van der Waals surface area contributed by atoms with Crippen molar-refractivity contribution in [1.29, 1.82) is 0 Å². The van der Waals surface area contributed by atoms with Gasteiger partial charge in [-0.25, -0.2) is 0 Å². The predicted molar refractivity (Wildman–Crippen MR) is 58.3 cm³/mol. The quantitative estimate of drug-likeness (QED) is 0.840. The lowest BCUT2D eigenvalue weighted by Crippen LogP contribution is -2.20. The molecule has 0 unspecified atom stereocenters. The van der Waals surface area contributed by atoms with Gasteiger partial charge in [0.2, 0.25) is 0 Å². The molecule has 1 aliphatic carbocycles. The third kappa shape index (κ3) is 1.50. The van der Waals surface area contributed by atoms with Crippen LogP contribution in [0.4, 0.5) is 0 Å². The first-order valence-corrected chi connectivity index (χ1v) is 5.80. The van der Waals surface area contributed by atoms with Crippen LogP contribution in [0.5, 0.6) is 0 Å². The first-order chi connectivity index (χ1) is 6.61. The molecule has 0 spiro atoms. The van der Waals surface area contributed by atoms with E-state index >= 15 is 0 Å². The molecule has 1 heterocycles. The minimum atomic E-state index is -0.222. The Kier molecular flexibility index (Phi) is 2.66. The van der Waals surface area contributed by atoms with E-state index in [0.29, 0.717) is 0 Å². The number of aliphatic hydroxyl groups is 1. The summed E-state index contributed by atoms with van der Waals surface area (Å²) in [5.41, 5.74) is 2.12. The van der Waals surface area contributed by atoms with Gasteiger partial charge in [0, 0.05) is 0 Å². The molecule has 1 saturated carbocycles. The van der Waals surface area contributed by atoms with Gasteiger partial charge in [-0.1, -0.05) is 0 Å². The van der Waals surface area contributed by atoms with Crippen LogP contribution in [0.3, 0.4) is 0 Å². The van der Waals surface area contributed by atoms with E-state index in [9.17, 15) is 5.11 Å². The first kappa shape index (κ1) is 10.2. The molecule has 1 N–H and O–H groups in total. The van der Waals surface area contributed by atoms with Crippen LogP contribution >= 0.6 is 15.9 Å². The summed E-state index contributed by atoms with van der Waals surface area (Å²) in [6.45, 7) is 4.02. The third-order valence-corrected chi connectivity index (χ3v) is 4.14. The van der Waals surface area contributed by atoms with Gasteiger partial charge in [0.05, 0.1) is 28.0 Å². The largest absolute Gasteiger partial charge is 0.391 e. The highest BCUT2D eigenvalue weighted by Crippen LogP contribution is 2.33. The van der Waals surface area contributed by atoms with Crippen LogP contribution in [0.25, 0.3) is 0 Å². The van der Waals surface area contributed by atoms with Crippen molar-refractivity contribution < 1.29 is 5.11 Å². The number of hydrogen-bond donors (Lipinski definition) is 1. The molecule has 1 aromatic heterocycles. The summed E-state index contributed by atoms with van der Waals surface area (Å²) in [6, 6.07) is 0.181. The van der Waals surface area contributed by atoms with Crippen molar-refractivity contribution in [1.82, 2.24) is 9.78 Å². The van der Waals surface area contributed by atoms with Crippen LogP contribution in [-0.2, 0) is 0 Å². The van der Waals surface area contributed by atoms with Gasteiger partial charge in [-0.2, -0.15) is 5.10 Å². The second kappa shape index (κ2) is 3.66. The molecule has 3 nitrogen and oxygen atoms in total. The lowest BCUT2D eigenvalue weighted by Gasteiger charge is -2.16. The molecule has 0 aromatic carbocycles. The summed E-state index contributed by atoms with van der Waals surface area (Å²) in [5.74, 6) is 0. The van der Waals surface area contributed by atoms with E-state index in [2.05, 4.69) is 21.0 Å². The van der Waals surface area contributed by atoms with Crippen LogP contribution in [0.1, 0.15) is 36.7 Å². The molecule has 0 aliphatic heterocycles. The molecule has 1 aliphatic rings. The molecule has 14 heavy (non-hydrogen) atoms. The Morgan fingerprint density at radius 2 is 2.14 bits per heavy atom. The van der Waals surface area contributed by atoms with Crippen molar-refractivity contribution in [2.45, 2.75) is 45.3 Å². The number of hydrogen-bond acceptors (Lipinski definition) is 2. The van der Waals surface area contributed by atoms with Crippen LogP contribution < -0.4 is 0 Å². The smallest absolute Gasteiger partial charge is 0.0781 e. The summed E-state index contributed by atoms with van der Waals surface area (Å²) in [4.78, 5) is 0.